The molecule has 1 aromatic heterocycles. The number of amides is 1. The van der Waals surface area contributed by atoms with Gasteiger partial charge in [0.25, 0.3) is 5.91 Å². The number of aromatic nitrogens is 2. The van der Waals surface area contributed by atoms with Gasteiger partial charge in [0.05, 0.1) is 19.3 Å². The van der Waals surface area contributed by atoms with Crippen molar-refractivity contribution >= 4 is 35.0 Å². The van der Waals surface area contributed by atoms with E-state index in [0.717, 1.165) is 22.6 Å². The Hall–Kier alpha value is -3.45. The number of methoxy groups -OCH3 is 1. The van der Waals surface area contributed by atoms with E-state index < -0.39 is 0 Å². The van der Waals surface area contributed by atoms with Crippen LogP contribution < -0.4 is 15.0 Å². The highest BCUT2D eigenvalue weighted by Gasteiger charge is 2.31. The Bertz CT molecular complexity index is 1050. The monoisotopic (exact) mass is 390 g/mol. The fraction of sp³-hybridized carbons (Fsp3) is 0.0952. The summed E-state index contributed by atoms with van der Waals surface area (Å²) in [6.45, 7) is 0.573. The summed E-state index contributed by atoms with van der Waals surface area (Å²) in [5.74, 6) is 0.588. The predicted octanol–water partition coefficient (Wildman–Crippen LogP) is 3.20. The lowest BCUT2D eigenvalue weighted by atomic mass is 10.1. The van der Waals surface area contributed by atoms with Gasteiger partial charge < -0.3 is 10.1 Å². The van der Waals surface area contributed by atoms with E-state index in [2.05, 4.69) is 10.4 Å². The van der Waals surface area contributed by atoms with Gasteiger partial charge in [0, 0.05) is 18.0 Å². The second-order valence-corrected chi connectivity index (χ2v) is 6.63. The standard InChI is InChI=1S/C21H18N4O2S/c1-27-19-9-8-15(12-16(19)14-24-11-5-10-22-24)13-18-20(26)25(21(28)23-18)17-6-3-2-4-7-17/h2-13H,14H2,1H3,(H,23,28)/b18-13+. The lowest BCUT2D eigenvalue weighted by Crippen LogP contribution is -2.30. The van der Waals surface area contributed by atoms with E-state index >= 15 is 0 Å². The van der Waals surface area contributed by atoms with E-state index in [0.29, 0.717) is 17.4 Å². The molecule has 0 radical (unpaired) electrons. The molecule has 3 aromatic rings. The van der Waals surface area contributed by atoms with Gasteiger partial charge in [0.2, 0.25) is 0 Å². The lowest BCUT2D eigenvalue weighted by molar-refractivity contribution is -0.113. The van der Waals surface area contributed by atoms with Crippen LogP contribution in [0.4, 0.5) is 5.69 Å². The molecule has 1 aliphatic heterocycles. The second-order valence-electron chi connectivity index (χ2n) is 6.24. The number of benzene rings is 2. The molecule has 6 nitrogen and oxygen atoms in total. The van der Waals surface area contributed by atoms with Crippen molar-refractivity contribution in [3.63, 3.8) is 0 Å². The van der Waals surface area contributed by atoms with Gasteiger partial charge in [-0.15, -0.1) is 0 Å². The van der Waals surface area contributed by atoms with Crippen molar-refractivity contribution in [1.82, 2.24) is 15.1 Å². The molecule has 2 aromatic carbocycles. The summed E-state index contributed by atoms with van der Waals surface area (Å²) >= 11 is 5.36. The van der Waals surface area contributed by atoms with Crippen molar-refractivity contribution in [2.45, 2.75) is 6.54 Å². The van der Waals surface area contributed by atoms with E-state index in [9.17, 15) is 4.79 Å². The number of hydrogen-bond donors (Lipinski definition) is 1. The summed E-state index contributed by atoms with van der Waals surface area (Å²) in [7, 11) is 1.64. The van der Waals surface area contributed by atoms with Crippen LogP contribution in [-0.4, -0.2) is 27.9 Å². The van der Waals surface area contributed by atoms with E-state index in [-0.39, 0.29) is 5.91 Å². The molecule has 0 spiro atoms. The van der Waals surface area contributed by atoms with Gasteiger partial charge in [-0.05, 0) is 54.2 Å². The molecular formula is C21H18N4O2S. The summed E-state index contributed by atoms with van der Waals surface area (Å²) in [4.78, 5) is 14.3. The zero-order valence-electron chi connectivity index (χ0n) is 15.2. The van der Waals surface area contributed by atoms with Gasteiger partial charge in [-0.2, -0.15) is 5.10 Å². The van der Waals surface area contributed by atoms with Gasteiger partial charge in [0.15, 0.2) is 5.11 Å². The first-order valence-corrected chi connectivity index (χ1v) is 9.13. The van der Waals surface area contributed by atoms with Crippen LogP contribution in [0.2, 0.25) is 0 Å². The van der Waals surface area contributed by atoms with Gasteiger partial charge in [-0.25, -0.2) is 0 Å². The Morgan fingerprint density at radius 3 is 2.71 bits per heavy atom. The lowest BCUT2D eigenvalue weighted by Gasteiger charge is -2.13. The summed E-state index contributed by atoms with van der Waals surface area (Å²) in [6.07, 6.45) is 5.42. The molecule has 0 saturated carbocycles. The average molecular weight is 390 g/mol. The maximum Gasteiger partial charge on any atom is 0.281 e. The minimum Gasteiger partial charge on any atom is -0.496 e. The molecule has 140 valence electrons. The van der Waals surface area contributed by atoms with Crippen LogP contribution in [0.5, 0.6) is 5.75 Å². The SMILES string of the molecule is COc1ccc(/C=C2/NC(=S)N(c3ccccc3)C2=O)cc1Cn1cccn1. The van der Waals surface area contributed by atoms with Crippen molar-refractivity contribution in [3.05, 3.63) is 83.8 Å². The molecule has 7 heteroatoms. The third-order valence-corrected chi connectivity index (χ3v) is 4.68. The highest BCUT2D eigenvalue weighted by atomic mass is 32.1. The molecular weight excluding hydrogens is 372 g/mol. The number of rotatable bonds is 5. The van der Waals surface area contributed by atoms with E-state index in [1.165, 1.54) is 4.90 Å². The predicted molar refractivity (Wildman–Crippen MR) is 112 cm³/mol. The van der Waals surface area contributed by atoms with Crippen molar-refractivity contribution in [3.8, 4) is 5.75 Å². The smallest absolute Gasteiger partial charge is 0.281 e. The van der Waals surface area contributed by atoms with Crippen LogP contribution >= 0.6 is 12.2 Å². The Balaban J connectivity index is 1.63. The highest BCUT2D eigenvalue weighted by Crippen LogP contribution is 2.25. The maximum absolute atomic E-state index is 12.9. The van der Waals surface area contributed by atoms with E-state index in [1.807, 2.05) is 65.5 Å². The summed E-state index contributed by atoms with van der Waals surface area (Å²) in [5.41, 5.74) is 3.01. The van der Waals surface area contributed by atoms with Crippen LogP contribution in [0.1, 0.15) is 11.1 Å². The van der Waals surface area contributed by atoms with Gasteiger partial charge >= 0.3 is 0 Å². The molecule has 0 atom stereocenters. The van der Waals surface area contributed by atoms with Gasteiger partial charge in [-0.3, -0.25) is 14.4 Å². The topological polar surface area (TPSA) is 59.4 Å². The molecule has 4 rings (SSSR count). The minimum absolute atomic E-state index is 0.180. The highest BCUT2D eigenvalue weighted by molar-refractivity contribution is 7.80. The quantitative estimate of drug-likeness (QED) is 0.536. The van der Waals surface area contributed by atoms with Crippen LogP contribution in [-0.2, 0) is 11.3 Å². The van der Waals surface area contributed by atoms with Gasteiger partial charge in [0.1, 0.15) is 11.4 Å². The molecule has 0 aliphatic carbocycles. The third kappa shape index (κ3) is 3.52. The molecule has 28 heavy (non-hydrogen) atoms. The molecule has 2 heterocycles. The van der Waals surface area contributed by atoms with Crippen molar-refractivity contribution in [2.24, 2.45) is 0 Å². The fourth-order valence-corrected chi connectivity index (χ4v) is 3.39. The maximum atomic E-state index is 12.9. The Morgan fingerprint density at radius 1 is 1.18 bits per heavy atom. The zero-order valence-corrected chi connectivity index (χ0v) is 16.0. The number of para-hydroxylation sites is 1. The minimum atomic E-state index is -0.180. The first-order chi connectivity index (χ1) is 13.7. The number of nitrogens with one attached hydrogen (secondary N) is 1. The number of anilines is 1. The normalized spacial score (nSPS) is 15.2. The number of carbonyl (C=O) groups excluding carboxylic acids is 1. The largest absolute Gasteiger partial charge is 0.496 e. The number of nitrogens with zero attached hydrogens (tertiary/aromatic N) is 3. The molecule has 1 aliphatic rings. The molecule has 0 bridgehead atoms. The fourth-order valence-electron chi connectivity index (χ4n) is 3.09. The first-order valence-electron chi connectivity index (χ1n) is 8.72. The number of carbonyl (C=O) groups is 1. The second kappa shape index (κ2) is 7.66. The summed E-state index contributed by atoms with van der Waals surface area (Å²) in [5, 5.41) is 7.62. The van der Waals surface area contributed by atoms with Crippen molar-refractivity contribution < 1.29 is 9.53 Å². The Morgan fingerprint density at radius 2 is 2.00 bits per heavy atom. The molecule has 1 amide bonds. The zero-order chi connectivity index (χ0) is 19.5. The van der Waals surface area contributed by atoms with Gasteiger partial charge in [-0.1, -0.05) is 24.3 Å². The molecule has 0 unspecified atom stereocenters. The van der Waals surface area contributed by atoms with Crippen LogP contribution in [0, 0.1) is 0 Å². The van der Waals surface area contributed by atoms with Crippen LogP contribution in [0.15, 0.2) is 72.7 Å². The number of ether oxygens (including phenoxy) is 1. The van der Waals surface area contributed by atoms with E-state index in [4.69, 9.17) is 17.0 Å². The average Bonchev–Trinajstić information content (AvgIpc) is 3.31. The van der Waals surface area contributed by atoms with Crippen molar-refractivity contribution in [1.29, 1.82) is 0 Å². The van der Waals surface area contributed by atoms with Crippen LogP contribution in [0.3, 0.4) is 0 Å². The van der Waals surface area contributed by atoms with Crippen LogP contribution in [0.25, 0.3) is 6.08 Å². The molecule has 1 saturated heterocycles. The number of thiocarbonyl (C=S) groups is 1. The summed E-state index contributed by atoms with van der Waals surface area (Å²) in [6, 6.07) is 17.0. The molecule has 1 fully saturated rings. The van der Waals surface area contributed by atoms with Crippen molar-refractivity contribution in [2.75, 3.05) is 12.0 Å². The Labute approximate surface area is 168 Å². The van der Waals surface area contributed by atoms with E-state index in [1.54, 1.807) is 19.4 Å². The number of hydrogen-bond acceptors (Lipinski definition) is 4. The third-order valence-electron chi connectivity index (χ3n) is 4.40. The molecule has 1 N–H and O–H groups in total. The first kappa shape index (κ1) is 17.9. The summed E-state index contributed by atoms with van der Waals surface area (Å²) < 4.78 is 7.28. The Kier molecular flexibility index (Phi) is 4.90.